The topological polar surface area (TPSA) is 43.6 Å². The first-order valence-corrected chi connectivity index (χ1v) is 4.37. The molecule has 0 aliphatic carbocycles. The maximum atomic E-state index is 5.88. The summed E-state index contributed by atoms with van der Waals surface area (Å²) in [6.45, 7) is 1.87. The van der Waals surface area contributed by atoms with Crippen molar-refractivity contribution < 1.29 is 0 Å². The van der Waals surface area contributed by atoms with E-state index >= 15 is 0 Å². The van der Waals surface area contributed by atoms with Crippen molar-refractivity contribution >= 4 is 34.4 Å². The lowest BCUT2D eigenvalue weighted by Crippen LogP contribution is -1.92. The number of hydrogen-bond acceptors (Lipinski definition) is 3. The van der Waals surface area contributed by atoms with Gasteiger partial charge in [-0.2, -0.15) is 4.98 Å². The van der Waals surface area contributed by atoms with E-state index in [0.29, 0.717) is 16.3 Å². The third-order valence-electron chi connectivity index (χ3n) is 1.88. The van der Waals surface area contributed by atoms with Gasteiger partial charge in [-0.25, -0.2) is 9.97 Å². The predicted octanol–water partition coefficient (Wildman–Crippen LogP) is 1.98. The fourth-order valence-electron chi connectivity index (χ4n) is 1.15. The molecule has 0 aliphatic rings. The van der Waals surface area contributed by atoms with Crippen molar-refractivity contribution in [3.05, 3.63) is 16.3 Å². The van der Waals surface area contributed by atoms with Gasteiger partial charge < -0.3 is 4.57 Å². The highest BCUT2D eigenvalue weighted by Crippen LogP contribution is 2.21. The molecule has 6 heteroatoms. The van der Waals surface area contributed by atoms with Crippen LogP contribution in [0.25, 0.3) is 11.2 Å². The Balaban J connectivity index is 2.94. The van der Waals surface area contributed by atoms with Crippen LogP contribution in [0.5, 0.6) is 0 Å². The third-order valence-corrected chi connectivity index (χ3v) is 2.32. The maximum Gasteiger partial charge on any atom is 0.225 e. The molecule has 0 unspecified atom stereocenters. The van der Waals surface area contributed by atoms with Gasteiger partial charge >= 0.3 is 0 Å². The average Bonchev–Trinajstić information content (AvgIpc) is 2.27. The largest absolute Gasteiger partial charge is 0.327 e. The van der Waals surface area contributed by atoms with Crippen LogP contribution in [0.2, 0.25) is 10.4 Å². The Kier molecular flexibility index (Phi) is 1.89. The van der Waals surface area contributed by atoms with Crippen LogP contribution >= 0.6 is 23.2 Å². The molecule has 0 aliphatic heterocycles. The molecule has 2 aromatic heterocycles. The van der Waals surface area contributed by atoms with E-state index in [1.807, 2.05) is 18.5 Å². The van der Waals surface area contributed by atoms with E-state index in [0.717, 1.165) is 5.82 Å². The van der Waals surface area contributed by atoms with Crippen molar-refractivity contribution in [1.82, 2.24) is 19.5 Å². The number of halogens is 2. The minimum absolute atomic E-state index is 0.121. The fourth-order valence-corrected chi connectivity index (χ4v) is 1.65. The molecular formula is C7H6Cl2N4. The summed E-state index contributed by atoms with van der Waals surface area (Å²) < 4.78 is 1.83. The molecule has 4 nitrogen and oxygen atoms in total. The van der Waals surface area contributed by atoms with Crippen LogP contribution in [0.15, 0.2) is 0 Å². The predicted molar refractivity (Wildman–Crippen MR) is 51.1 cm³/mol. The number of rotatable bonds is 0. The van der Waals surface area contributed by atoms with Gasteiger partial charge in [-0.15, -0.1) is 0 Å². The normalized spacial score (nSPS) is 11.1. The van der Waals surface area contributed by atoms with Gasteiger partial charge in [0.2, 0.25) is 5.28 Å². The van der Waals surface area contributed by atoms with E-state index in [1.165, 1.54) is 0 Å². The minimum atomic E-state index is 0.121. The van der Waals surface area contributed by atoms with Crippen LogP contribution in [0.1, 0.15) is 5.82 Å². The Morgan fingerprint density at radius 1 is 1.15 bits per heavy atom. The van der Waals surface area contributed by atoms with Crippen LogP contribution in [0.3, 0.4) is 0 Å². The monoisotopic (exact) mass is 216 g/mol. The molecule has 0 saturated heterocycles. The molecule has 0 bridgehead atoms. The Morgan fingerprint density at radius 2 is 1.85 bits per heavy atom. The molecular weight excluding hydrogens is 211 g/mol. The summed E-state index contributed by atoms with van der Waals surface area (Å²) in [7, 11) is 1.85. The fraction of sp³-hybridized carbons (Fsp3) is 0.286. The van der Waals surface area contributed by atoms with Crippen molar-refractivity contribution in [2.75, 3.05) is 0 Å². The van der Waals surface area contributed by atoms with E-state index in [2.05, 4.69) is 15.0 Å². The summed E-state index contributed by atoms with van der Waals surface area (Å²) in [6, 6.07) is 0. The van der Waals surface area contributed by atoms with E-state index in [1.54, 1.807) is 0 Å². The SMILES string of the molecule is Cc1nc2nc(Cl)nc(Cl)c2n1C. The highest BCUT2D eigenvalue weighted by atomic mass is 35.5. The van der Waals surface area contributed by atoms with Gasteiger partial charge in [0, 0.05) is 7.05 Å². The van der Waals surface area contributed by atoms with Crippen LogP contribution in [-0.4, -0.2) is 19.5 Å². The molecule has 0 aromatic carbocycles. The van der Waals surface area contributed by atoms with Gasteiger partial charge in [-0.05, 0) is 18.5 Å². The summed E-state index contributed by atoms with van der Waals surface area (Å²) in [6.07, 6.45) is 0. The number of aromatic nitrogens is 4. The van der Waals surface area contributed by atoms with Crippen molar-refractivity contribution in [3.8, 4) is 0 Å². The zero-order valence-electron chi connectivity index (χ0n) is 7.04. The van der Waals surface area contributed by atoms with Crippen LogP contribution < -0.4 is 0 Å². The van der Waals surface area contributed by atoms with E-state index < -0.39 is 0 Å². The molecule has 0 atom stereocenters. The van der Waals surface area contributed by atoms with Gasteiger partial charge in [0.15, 0.2) is 10.8 Å². The molecule has 2 rings (SSSR count). The smallest absolute Gasteiger partial charge is 0.225 e. The second-order valence-electron chi connectivity index (χ2n) is 2.67. The molecule has 0 amide bonds. The highest BCUT2D eigenvalue weighted by Gasteiger charge is 2.11. The molecule has 2 heterocycles. The van der Waals surface area contributed by atoms with Gasteiger partial charge in [0.05, 0.1) is 0 Å². The highest BCUT2D eigenvalue weighted by molar-refractivity contribution is 6.35. The number of fused-ring (bicyclic) bond motifs is 1. The summed E-state index contributed by atoms with van der Waals surface area (Å²) in [4.78, 5) is 12.0. The summed E-state index contributed by atoms with van der Waals surface area (Å²) >= 11 is 11.5. The number of imidazole rings is 1. The van der Waals surface area contributed by atoms with Crippen molar-refractivity contribution in [2.24, 2.45) is 7.05 Å². The molecule has 0 N–H and O–H groups in total. The molecule has 0 saturated carbocycles. The van der Waals surface area contributed by atoms with E-state index in [4.69, 9.17) is 23.2 Å². The van der Waals surface area contributed by atoms with Crippen LogP contribution in [0, 0.1) is 6.92 Å². The summed E-state index contributed by atoms with van der Waals surface area (Å²) in [5.41, 5.74) is 1.24. The first kappa shape index (κ1) is 8.72. The summed E-state index contributed by atoms with van der Waals surface area (Å²) in [5.74, 6) is 0.827. The second-order valence-corrected chi connectivity index (χ2v) is 3.37. The van der Waals surface area contributed by atoms with E-state index in [-0.39, 0.29) is 5.28 Å². The third kappa shape index (κ3) is 1.26. The van der Waals surface area contributed by atoms with Gasteiger partial charge in [-0.1, -0.05) is 11.6 Å². The lowest BCUT2D eigenvalue weighted by Gasteiger charge is -1.97. The number of nitrogens with zero attached hydrogens (tertiary/aromatic N) is 4. The quantitative estimate of drug-likeness (QED) is 0.500. The Labute approximate surface area is 84.5 Å². The van der Waals surface area contributed by atoms with Gasteiger partial charge in [0.25, 0.3) is 0 Å². The van der Waals surface area contributed by atoms with Crippen molar-refractivity contribution in [2.45, 2.75) is 6.92 Å². The Morgan fingerprint density at radius 3 is 2.54 bits per heavy atom. The second kappa shape index (κ2) is 2.82. The Bertz CT molecular complexity index is 477. The molecule has 0 radical (unpaired) electrons. The van der Waals surface area contributed by atoms with Crippen molar-refractivity contribution in [1.29, 1.82) is 0 Å². The molecule has 0 spiro atoms. The molecule has 68 valence electrons. The minimum Gasteiger partial charge on any atom is -0.327 e. The number of hydrogen-bond donors (Lipinski definition) is 0. The molecule has 2 aromatic rings. The van der Waals surface area contributed by atoms with Gasteiger partial charge in [-0.3, -0.25) is 0 Å². The summed E-state index contributed by atoms with van der Waals surface area (Å²) in [5, 5.41) is 0.453. The first-order chi connectivity index (χ1) is 6.09. The maximum absolute atomic E-state index is 5.88. The Hall–Kier alpha value is -0.870. The van der Waals surface area contributed by atoms with Crippen LogP contribution in [0.4, 0.5) is 0 Å². The van der Waals surface area contributed by atoms with E-state index in [9.17, 15) is 0 Å². The number of aryl methyl sites for hydroxylation is 2. The standard InChI is InChI=1S/C7H6Cl2N4/c1-3-10-6-4(13(3)2)5(8)11-7(9)12-6/h1-2H3. The average molecular weight is 217 g/mol. The molecule has 0 fully saturated rings. The zero-order valence-corrected chi connectivity index (χ0v) is 8.56. The first-order valence-electron chi connectivity index (χ1n) is 3.61. The van der Waals surface area contributed by atoms with Gasteiger partial charge in [0.1, 0.15) is 11.3 Å². The van der Waals surface area contributed by atoms with Crippen LogP contribution in [-0.2, 0) is 7.05 Å². The van der Waals surface area contributed by atoms with Crippen molar-refractivity contribution in [3.63, 3.8) is 0 Å². The zero-order chi connectivity index (χ0) is 9.59. The lowest BCUT2D eigenvalue weighted by atomic mass is 10.5. The molecule has 13 heavy (non-hydrogen) atoms. The lowest BCUT2D eigenvalue weighted by molar-refractivity contribution is 0.884.